The molecule has 0 unspecified atom stereocenters. The summed E-state index contributed by atoms with van der Waals surface area (Å²) in [5.41, 5.74) is 0. The third-order valence-corrected chi connectivity index (χ3v) is 4.70. The van der Waals surface area contributed by atoms with Crippen LogP contribution >= 0.6 is 15.9 Å². The molecule has 0 aliphatic heterocycles. The van der Waals surface area contributed by atoms with E-state index in [0.717, 1.165) is 4.31 Å². The first-order valence-corrected chi connectivity index (χ1v) is 6.51. The molecule has 0 spiro atoms. The molecule has 1 aromatic rings. The predicted octanol–water partition coefficient (Wildman–Crippen LogP) is 1.15. The van der Waals surface area contributed by atoms with E-state index in [1.807, 2.05) is 0 Å². The topological polar surface area (TPSA) is 74.7 Å². The maximum atomic E-state index is 11.9. The third-order valence-electron chi connectivity index (χ3n) is 1.88. The van der Waals surface area contributed by atoms with Crippen LogP contribution in [0.25, 0.3) is 0 Å². The summed E-state index contributed by atoms with van der Waals surface area (Å²) in [6.07, 6.45) is 0. The highest BCUT2D eigenvalue weighted by Gasteiger charge is 2.24. The minimum absolute atomic E-state index is 0.0544. The second kappa shape index (κ2) is 4.94. The molecule has 1 aromatic carbocycles. The Balaban J connectivity index is 3.12. The van der Waals surface area contributed by atoms with Crippen molar-refractivity contribution in [1.29, 1.82) is 0 Å². The van der Waals surface area contributed by atoms with Crippen molar-refractivity contribution in [3.8, 4) is 0 Å². The Morgan fingerprint density at radius 2 is 2.00 bits per heavy atom. The smallest absolute Gasteiger partial charge is 0.318 e. The highest BCUT2D eigenvalue weighted by atomic mass is 79.9. The van der Waals surface area contributed by atoms with E-state index >= 15 is 0 Å². The average Bonchev–Trinajstić information content (AvgIpc) is 2.16. The summed E-state index contributed by atoms with van der Waals surface area (Å²) in [6.45, 7) is -0.566. The molecule has 0 heterocycles. The van der Waals surface area contributed by atoms with Gasteiger partial charge in [-0.05, 0) is 28.1 Å². The van der Waals surface area contributed by atoms with Crippen LogP contribution in [0.1, 0.15) is 0 Å². The number of aliphatic carboxylic acids is 1. The van der Waals surface area contributed by atoms with E-state index in [1.54, 1.807) is 18.2 Å². The van der Waals surface area contributed by atoms with Crippen LogP contribution in [0.3, 0.4) is 0 Å². The Morgan fingerprint density at radius 1 is 1.44 bits per heavy atom. The van der Waals surface area contributed by atoms with E-state index in [0.29, 0.717) is 4.47 Å². The molecule has 0 aliphatic rings. The molecule has 0 radical (unpaired) electrons. The van der Waals surface area contributed by atoms with Crippen molar-refractivity contribution in [2.75, 3.05) is 13.6 Å². The summed E-state index contributed by atoms with van der Waals surface area (Å²) < 4.78 is 25.0. The molecule has 0 bridgehead atoms. The monoisotopic (exact) mass is 307 g/mol. The fourth-order valence-electron chi connectivity index (χ4n) is 1.10. The fourth-order valence-corrected chi connectivity index (χ4v) is 3.18. The first kappa shape index (κ1) is 13.1. The first-order chi connectivity index (χ1) is 7.35. The molecule has 0 saturated heterocycles. The zero-order valence-corrected chi connectivity index (χ0v) is 10.8. The van der Waals surface area contributed by atoms with Crippen molar-refractivity contribution in [3.05, 3.63) is 28.7 Å². The van der Waals surface area contributed by atoms with E-state index in [2.05, 4.69) is 15.9 Å². The number of hydrogen-bond acceptors (Lipinski definition) is 3. The molecule has 1 N–H and O–H groups in total. The van der Waals surface area contributed by atoms with E-state index in [-0.39, 0.29) is 4.90 Å². The van der Waals surface area contributed by atoms with Crippen LogP contribution in [0.2, 0.25) is 0 Å². The SMILES string of the molecule is CN(CC(=O)O)S(=O)(=O)c1ccccc1Br. The van der Waals surface area contributed by atoms with Gasteiger partial charge in [0.1, 0.15) is 6.54 Å². The lowest BCUT2D eigenvalue weighted by Gasteiger charge is -2.15. The van der Waals surface area contributed by atoms with Gasteiger partial charge in [-0.2, -0.15) is 4.31 Å². The van der Waals surface area contributed by atoms with Crippen LogP contribution in [0.15, 0.2) is 33.6 Å². The van der Waals surface area contributed by atoms with Crippen molar-refractivity contribution in [2.24, 2.45) is 0 Å². The van der Waals surface area contributed by atoms with Crippen molar-refractivity contribution in [1.82, 2.24) is 4.31 Å². The van der Waals surface area contributed by atoms with Gasteiger partial charge in [0.15, 0.2) is 0 Å². The maximum Gasteiger partial charge on any atom is 0.318 e. The third kappa shape index (κ3) is 2.81. The van der Waals surface area contributed by atoms with Gasteiger partial charge in [-0.3, -0.25) is 4.79 Å². The predicted molar refractivity (Wildman–Crippen MR) is 61.6 cm³/mol. The summed E-state index contributed by atoms with van der Waals surface area (Å²) in [5, 5.41) is 8.55. The van der Waals surface area contributed by atoms with Gasteiger partial charge in [0.05, 0.1) is 4.90 Å². The minimum Gasteiger partial charge on any atom is -0.480 e. The average molecular weight is 308 g/mol. The second-order valence-corrected chi connectivity index (χ2v) is 5.95. The van der Waals surface area contributed by atoms with Crippen LogP contribution in [0, 0.1) is 0 Å². The van der Waals surface area contributed by atoms with E-state index in [4.69, 9.17) is 5.11 Å². The normalized spacial score (nSPS) is 11.7. The molecule has 0 aromatic heterocycles. The number of carbonyl (C=O) groups is 1. The van der Waals surface area contributed by atoms with Crippen molar-refractivity contribution in [2.45, 2.75) is 4.90 Å². The zero-order valence-electron chi connectivity index (χ0n) is 8.42. The van der Waals surface area contributed by atoms with E-state index in [9.17, 15) is 13.2 Å². The summed E-state index contributed by atoms with van der Waals surface area (Å²) in [7, 11) is -2.53. The largest absolute Gasteiger partial charge is 0.480 e. The summed E-state index contributed by atoms with van der Waals surface area (Å²) in [5.74, 6) is -1.20. The van der Waals surface area contributed by atoms with Gasteiger partial charge in [-0.25, -0.2) is 8.42 Å². The molecule has 88 valence electrons. The lowest BCUT2D eigenvalue weighted by atomic mass is 10.4. The molecular formula is C9H10BrNO4S. The van der Waals surface area contributed by atoms with Crippen LogP contribution in [-0.4, -0.2) is 37.4 Å². The Labute approximate surface area is 102 Å². The standard InChI is InChI=1S/C9H10BrNO4S/c1-11(6-9(12)13)16(14,15)8-5-3-2-4-7(8)10/h2-5H,6H2,1H3,(H,12,13). The van der Waals surface area contributed by atoms with Crippen molar-refractivity contribution in [3.63, 3.8) is 0 Å². The van der Waals surface area contributed by atoms with Crippen molar-refractivity contribution >= 4 is 31.9 Å². The first-order valence-electron chi connectivity index (χ1n) is 4.28. The van der Waals surface area contributed by atoms with Gasteiger partial charge in [-0.15, -0.1) is 0 Å². The number of benzene rings is 1. The Morgan fingerprint density at radius 3 is 2.50 bits per heavy atom. The van der Waals surface area contributed by atoms with Gasteiger partial charge in [0.2, 0.25) is 10.0 Å². The van der Waals surface area contributed by atoms with E-state index < -0.39 is 22.5 Å². The van der Waals surface area contributed by atoms with Crippen LogP contribution in [-0.2, 0) is 14.8 Å². The number of sulfonamides is 1. The molecule has 16 heavy (non-hydrogen) atoms. The Hall–Kier alpha value is -0.920. The Kier molecular flexibility index (Phi) is 4.06. The molecule has 0 fully saturated rings. The molecule has 5 nitrogen and oxygen atoms in total. The molecular weight excluding hydrogens is 298 g/mol. The van der Waals surface area contributed by atoms with Crippen molar-refractivity contribution < 1.29 is 18.3 Å². The quantitative estimate of drug-likeness (QED) is 0.905. The number of carboxylic acid groups (broad SMARTS) is 1. The number of hydrogen-bond donors (Lipinski definition) is 1. The summed E-state index contributed by atoms with van der Waals surface area (Å²) in [6, 6.07) is 6.26. The van der Waals surface area contributed by atoms with Gasteiger partial charge in [-0.1, -0.05) is 12.1 Å². The molecule has 0 amide bonds. The highest BCUT2D eigenvalue weighted by molar-refractivity contribution is 9.10. The number of nitrogens with zero attached hydrogens (tertiary/aromatic N) is 1. The lowest BCUT2D eigenvalue weighted by molar-refractivity contribution is -0.137. The number of likely N-dealkylation sites (N-methyl/N-ethyl adjacent to an activating group) is 1. The highest BCUT2D eigenvalue weighted by Crippen LogP contribution is 2.23. The fraction of sp³-hybridized carbons (Fsp3) is 0.222. The summed E-state index contributed by atoms with van der Waals surface area (Å²) in [4.78, 5) is 10.5. The lowest BCUT2D eigenvalue weighted by Crippen LogP contribution is -2.32. The molecule has 0 aliphatic carbocycles. The molecule has 7 heteroatoms. The van der Waals surface area contributed by atoms with Crippen LogP contribution < -0.4 is 0 Å². The molecule has 0 atom stereocenters. The minimum atomic E-state index is -3.76. The van der Waals surface area contributed by atoms with Gasteiger partial charge < -0.3 is 5.11 Å². The van der Waals surface area contributed by atoms with Gasteiger partial charge in [0, 0.05) is 11.5 Å². The Bertz CT molecular complexity index is 500. The van der Waals surface area contributed by atoms with Crippen LogP contribution in [0.5, 0.6) is 0 Å². The maximum absolute atomic E-state index is 11.9. The number of halogens is 1. The van der Waals surface area contributed by atoms with Gasteiger partial charge in [0.25, 0.3) is 0 Å². The van der Waals surface area contributed by atoms with Gasteiger partial charge >= 0.3 is 5.97 Å². The number of rotatable bonds is 4. The van der Waals surface area contributed by atoms with Crippen LogP contribution in [0.4, 0.5) is 0 Å². The number of carboxylic acids is 1. The zero-order chi connectivity index (χ0) is 12.3. The summed E-state index contributed by atoms with van der Waals surface area (Å²) >= 11 is 3.11. The van der Waals surface area contributed by atoms with E-state index in [1.165, 1.54) is 13.1 Å². The molecule has 1 rings (SSSR count). The molecule has 0 saturated carbocycles. The second-order valence-electron chi connectivity index (χ2n) is 3.09.